The second-order valence-electron chi connectivity index (χ2n) is 5.27. The van der Waals surface area contributed by atoms with E-state index in [1.54, 1.807) is 0 Å². The van der Waals surface area contributed by atoms with Crippen molar-refractivity contribution in [3.63, 3.8) is 0 Å². The Kier molecular flexibility index (Phi) is 4.80. The summed E-state index contributed by atoms with van der Waals surface area (Å²) < 4.78 is 25.2. The molecule has 1 atom stereocenters. The highest BCUT2D eigenvalue weighted by Gasteiger charge is 2.36. The Balaban J connectivity index is 1.90. The number of carbonyl (C=O) groups excluding carboxylic acids is 1. The van der Waals surface area contributed by atoms with Crippen LogP contribution in [0.3, 0.4) is 0 Å². The molecule has 7 nitrogen and oxygen atoms in total. The molecule has 130 valence electrons. The first kappa shape index (κ1) is 17.5. The third-order valence-corrected chi connectivity index (χ3v) is 6.09. The molecule has 9 heteroatoms. The third-order valence-electron chi connectivity index (χ3n) is 3.56. The van der Waals surface area contributed by atoms with Gasteiger partial charge in [-0.2, -0.15) is 0 Å². The van der Waals surface area contributed by atoms with Crippen LogP contribution in [0, 0.1) is 0 Å². The predicted molar refractivity (Wildman–Crippen MR) is 92.2 cm³/mol. The lowest BCUT2D eigenvalue weighted by atomic mass is 10.2. The Labute approximate surface area is 148 Å². The summed E-state index contributed by atoms with van der Waals surface area (Å²) in [6.45, 7) is 0. The van der Waals surface area contributed by atoms with Crippen LogP contribution in [0.25, 0.3) is 0 Å². The smallest absolute Gasteiger partial charge is 0.335 e. The van der Waals surface area contributed by atoms with Crippen molar-refractivity contribution in [2.75, 3.05) is 5.75 Å². The molecule has 0 saturated carbocycles. The molecular weight excluding hydrogens is 364 g/mol. The fraction of sp³-hybridized carbons (Fsp3) is 0.125. The summed E-state index contributed by atoms with van der Waals surface area (Å²) >= 11 is 1.31. The van der Waals surface area contributed by atoms with E-state index in [1.165, 1.54) is 30.0 Å². The summed E-state index contributed by atoms with van der Waals surface area (Å²) in [5.41, 5.74) is 0.643. The molecule has 0 radical (unpaired) electrons. The zero-order valence-electron chi connectivity index (χ0n) is 12.8. The van der Waals surface area contributed by atoms with Crippen molar-refractivity contribution in [2.24, 2.45) is 0 Å². The SMILES string of the molecule is O=C(O)c1cccc(S(=O)(=O)NN2C(=O)CS[C@@H]2c2ccccc2)c1. The summed E-state index contributed by atoms with van der Waals surface area (Å²) in [6, 6.07) is 14.0. The van der Waals surface area contributed by atoms with Gasteiger partial charge in [-0.15, -0.1) is 16.6 Å². The van der Waals surface area contributed by atoms with Gasteiger partial charge >= 0.3 is 5.97 Å². The van der Waals surface area contributed by atoms with Gasteiger partial charge in [0.05, 0.1) is 16.2 Å². The van der Waals surface area contributed by atoms with Gasteiger partial charge in [-0.05, 0) is 23.8 Å². The summed E-state index contributed by atoms with van der Waals surface area (Å²) in [5.74, 6) is -1.44. The van der Waals surface area contributed by atoms with Crippen LogP contribution < -0.4 is 4.83 Å². The molecule has 1 fully saturated rings. The summed E-state index contributed by atoms with van der Waals surface area (Å²) in [6.07, 6.45) is 0. The van der Waals surface area contributed by atoms with E-state index in [0.717, 1.165) is 16.6 Å². The van der Waals surface area contributed by atoms with Gasteiger partial charge in [0.15, 0.2) is 0 Å². The molecule has 1 aliphatic rings. The third kappa shape index (κ3) is 3.68. The minimum absolute atomic E-state index is 0.149. The van der Waals surface area contributed by atoms with Crippen molar-refractivity contribution < 1.29 is 23.1 Å². The van der Waals surface area contributed by atoms with Crippen LogP contribution in [-0.2, 0) is 14.8 Å². The largest absolute Gasteiger partial charge is 0.478 e. The highest BCUT2D eigenvalue weighted by molar-refractivity contribution is 8.00. The number of nitrogens with one attached hydrogen (secondary N) is 1. The second kappa shape index (κ2) is 6.87. The number of benzene rings is 2. The van der Waals surface area contributed by atoms with Gasteiger partial charge in [-0.3, -0.25) is 4.79 Å². The second-order valence-corrected chi connectivity index (χ2v) is 7.99. The lowest BCUT2D eigenvalue weighted by Crippen LogP contribution is -2.44. The van der Waals surface area contributed by atoms with Gasteiger partial charge in [0, 0.05) is 0 Å². The molecule has 0 aliphatic carbocycles. The number of aromatic carboxylic acids is 1. The molecule has 0 bridgehead atoms. The van der Waals surface area contributed by atoms with Gasteiger partial charge in [0.2, 0.25) is 5.91 Å². The molecule has 2 N–H and O–H groups in total. The van der Waals surface area contributed by atoms with Gasteiger partial charge in [0.1, 0.15) is 5.37 Å². The molecule has 1 saturated heterocycles. The van der Waals surface area contributed by atoms with E-state index in [0.29, 0.717) is 0 Å². The van der Waals surface area contributed by atoms with Gasteiger partial charge in [-0.1, -0.05) is 36.4 Å². The highest BCUT2D eigenvalue weighted by atomic mass is 32.2. The Morgan fingerprint density at radius 3 is 2.56 bits per heavy atom. The molecule has 1 aliphatic heterocycles. The lowest BCUT2D eigenvalue weighted by molar-refractivity contribution is -0.129. The maximum absolute atomic E-state index is 12.6. The Bertz CT molecular complexity index is 915. The molecule has 0 aromatic heterocycles. The van der Waals surface area contributed by atoms with E-state index in [4.69, 9.17) is 5.11 Å². The van der Waals surface area contributed by atoms with Crippen LogP contribution in [0.5, 0.6) is 0 Å². The molecule has 3 rings (SSSR count). The van der Waals surface area contributed by atoms with Gasteiger partial charge < -0.3 is 5.11 Å². The number of hydrogen-bond donors (Lipinski definition) is 2. The Morgan fingerprint density at radius 1 is 1.16 bits per heavy atom. The number of carbonyl (C=O) groups is 2. The molecule has 1 heterocycles. The minimum atomic E-state index is -4.10. The molecule has 2 aromatic carbocycles. The van der Waals surface area contributed by atoms with Crippen LogP contribution >= 0.6 is 11.8 Å². The molecule has 0 unspecified atom stereocenters. The summed E-state index contributed by atoms with van der Waals surface area (Å²) in [5, 5.41) is 9.60. The fourth-order valence-corrected chi connectivity index (χ4v) is 4.65. The Hall–Kier alpha value is -2.36. The molecule has 25 heavy (non-hydrogen) atoms. The average molecular weight is 378 g/mol. The molecular formula is C16H14N2O5S2. The Morgan fingerprint density at radius 2 is 1.88 bits per heavy atom. The van der Waals surface area contributed by atoms with Crippen molar-refractivity contribution in [3.8, 4) is 0 Å². The van der Waals surface area contributed by atoms with E-state index >= 15 is 0 Å². The van der Waals surface area contributed by atoms with E-state index in [-0.39, 0.29) is 22.1 Å². The van der Waals surface area contributed by atoms with Crippen LogP contribution in [0.1, 0.15) is 21.3 Å². The zero-order chi connectivity index (χ0) is 18.0. The van der Waals surface area contributed by atoms with Crippen LogP contribution in [-0.4, -0.2) is 36.2 Å². The normalized spacial score (nSPS) is 17.7. The first-order chi connectivity index (χ1) is 11.9. The lowest BCUT2D eigenvalue weighted by Gasteiger charge is -2.24. The van der Waals surface area contributed by atoms with Crippen molar-refractivity contribution in [3.05, 3.63) is 65.7 Å². The predicted octanol–water partition coefficient (Wildman–Crippen LogP) is 1.85. The van der Waals surface area contributed by atoms with Crippen molar-refractivity contribution in [1.29, 1.82) is 0 Å². The number of amides is 1. The molecule has 0 spiro atoms. The monoisotopic (exact) mass is 378 g/mol. The molecule has 2 aromatic rings. The number of hydrazine groups is 1. The maximum Gasteiger partial charge on any atom is 0.335 e. The number of rotatable bonds is 5. The van der Waals surface area contributed by atoms with Crippen molar-refractivity contribution >= 4 is 33.7 Å². The summed E-state index contributed by atoms with van der Waals surface area (Å²) in [7, 11) is -4.10. The minimum Gasteiger partial charge on any atom is -0.478 e. The van der Waals surface area contributed by atoms with Crippen molar-refractivity contribution in [1.82, 2.24) is 9.84 Å². The first-order valence-electron chi connectivity index (χ1n) is 7.23. The topological polar surface area (TPSA) is 104 Å². The van der Waals surface area contributed by atoms with Crippen LogP contribution in [0.4, 0.5) is 0 Å². The number of hydrogen-bond acceptors (Lipinski definition) is 5. The van der Waals surface area contributed by atoms with Crippen molar-refractivity contribution in [2.45, 2.75) is 10.3 Å². The van der Waals surface area contributed by atoms with Crippen LogP contribution in [0.2, 0.25) is 0 Å². The van der Waals surface area contributed by atoms with Gasteiger partial charge in [0.25, 0.3) is 10.0 Å². The highest BCUT2D eigenvalue weighted by Crippen LogP contribution is 2.37. The van der Waals surface area contributed by atoms with E-state index in [2.05, 4.69) is 4.83 Å². The summed E-state index contributed by atoms with van der Waals surface area (Å²) in [4.78, 5) is 25.2. The number of nitrogens with zero attached hydrogens (tertiary/aromatic N) is 1. The fourth-order valence-electron chi connectivity index (χ4n) is 2.37. The number of carboxylic acid groups (broad SMARTS) is 1. The van der Waals surface area contributed by atoms with Crippen LogP contribution in [0.15, 0.2) is 59.5 Å². The zero-order valence-corrected chi connectivity index (χ0v) is 14.5. The first-order valence-corrected chi connectivity index (χ1v) is 9.76. The quantitative estimate of drug-likeness (QED) is 0.823. The maximum atomic E-state index is 12.6. The van der Waals surface area contributed by atoms with E-state index in [9.17, 15) is 18.0 Å². The number of sulfonamides is 1. The standard InChI is InChI=1S/C16H14N2O5S2/c19-14-10-24-15(11-5-2-1-3-6-11)18(14)17-25(22,23)13-8-4-7-12(9-13)16(20)21/h1-9,15,17H,10H2,(H,20,21)/t15-/m1/s1. The van der Waals surface area contributed by atoms with Gasteiger partial charge in [-0.25, -0.2) is 18.2 Å². The van der Waals surface area contributed by atoms with E-state index in [1.807, 2.05) is 30.3 Å². The molecule has 1 amide bonds. The van der Waals surface area contributed by atoms with E-state index < -0.39 is 21.4 Å². The number of carboxylic acids is 1. The average Bonchev–Trinajstić information content (AvgIpc) is 2.96. The number of thioether (sulfide) groups is 1.